The number of nitrogens with zero attached hydrogens (tertiary/aromatic N) is 2. The third-order valence-electron chi connectivity index (χ3n) is 0.946. The fraction of sp³-hybridized carbons (Fsp3) is 0.200. The zero-order valence-electron chi connectivity index (χ0n) is 4.81. The Morgan fingerprint density at radius 2 is 2.20 bits per heavy atom. The van der Waals surface area contributed by atoms with E-state index in [0.717, 1.165) is 0 Å². The Hall–Kier alpha value is -0.0300. The number of rotatable bonds is 1. The van der Waals surface area contributed by atoms with Gasteiger partial charge in [0.15, 0.2) is 5.82 Å². The summed E-state index contributed by atoms with van der Waals surface area (Å²) in [5, 5.41) is 0.403. The molecule has 0 aliphatic heterocycles. The van der Waals surface area contributed by atoms with E-state index >= 15 is 0 Å². The van der Waals surface area contributed by atoms with Gasteiger partial charge in [-0.3, -0.25) is 0 Å². The molecule has 10 heavy (non-hydrogen) atoms. The van der Waals surface area contributed by atoms with Crippen LogP contribution in [0.4, 0.5) is 4.39 Å². The normalized spacial score (nSPS) is 9.90. The van der Waals surface area contributed by atoms with Crippen LogP contribution >= 0.6 is 31.9 Å². The first-order valence-corrected chi connectivity index (χ1v) is 4.38. The molecule has 0 aromatic carbocycles. The van der Waals surface area contributed by atoms with Gasteiger partial charge in [-0.05, 0) is 15.9 Å². The minimum absolute atomic E-state index is 0.206. The van der Waals surface area contributed by atoms with Crippen LogP contribution in [-0.2, 0) is 5.33 Å². The van der Waals surface area contributed by atoms with Crippen LogP contribution in [0.1, 0.15) is 5.69 Å². The summed E-state index contributed by atoms with van der Waals surface area (Å²) >= 11 is 6.03. The van der Waals surface area contributed by atoms with Crippen LogP contribution in [0.5, 0.6) is 0 Å². The molecule has 0 atom stereocenters. The first kappa shape index (κ1) is 8.07. The molecule has 0 amide bonds. The molecule has 0 radical (unpaired) electrons. The second-order valence-corrected chi connectivity index (χ2v) is 2.87. The predicted molar refractivity (Wildman–Crippen MR) is 42.3 cm³/mol. The van der Waals surface area contributed by atoms with Gasteiger partial charge < -0.3 is 0 Å². The summed E-state index contributed by atoms with van der Waals surface area (Å²) in [5.74, 6) is -0.403. The highest BCUT2D eigenvalue weighted by Gasteiger charge is 2.05. The molecule has 0 fully saturated rings. The Labute approximate surface area is 74.1 Å². The molecule has 0 saturated carbocycles. The highest BCUT2D eigenvalue weighted by molar-refractivity contribution is 9.10. The van der Waals surface area contributed by atoms with E-state index in [2.05, 4.69) is 41.8 Å². The van der Waals surface area contributed by atoms with Crippen molar-refractivity contribution in [2.24, 2.45) is 0 Å². The fourth-order valence-electron chi connectivity index (χ4n) is 0.475. The van der Waals surface area contributed by atoms with Crippen LogP contribution in [0.15, 0.2) is 10.9 Å². The molecule has 0 aliphatic carbocycles. The maximum absolute atomic E-state index is 12.8. The number of alkyl halides is 1. The maximum atomic E-state index is 12.8. The van der Waals surface area contributed by atoms with Gasteiger partial charge >= 0.3 is 0 Å². The molecule has 2 nitrogen and oxygen atoms in total. The van der Waals surface area contributed by atoms with Gasteiger partial charge in [-0.25, -0.2) is 14.4 Å². The summed E-state index contributed by atoms with van der Waals surface area (Å²) in [4.78, 5) is 7.29. The Morgan fingerprint density at radius 1 is 1.50 bits per heavy atom. The summed E-state index contributed by atoms with van der Waals surface area (Å²) in [6.45, 7) is 0. The van der Waals surface area contributed by atoms with Crippen LogP contribution in [0, 0.1) is 5.82 Å². The Bertz CT molecular complexity index is 241. The third-order valence-corrected chi connectivity index (χ3v) is 2.03. The van der Waals surface area contributed by atoms with Crippen molar-refractivity contribution >= 4 is 31.9 Å². The second-order valence-electron chi connectivity index (χ2n) is 1.56. The molecular weight excluding hydrogens is 267 g/mol. The van der Waals surface area contributed by atoms with E-state index in [-0.39, 0.29) is 4.60 Å². The van der Waals surface area contributed by atoms with E-state index < -0.39 is 5.82 Å². The molecule has 0 saturated heterocycles. The molecular formula is C5H3Br2FN2. The SMILES string of the molecule is Fc1c(Br)ncnc1CBr. The molecule has 54 valence electrons. The maximum Gasteiger partial charge on any atom is 0.178 e. The highest BCUT2D eigenvalue weighted by atomic mass is 79.9. The van der Waals surface area contributed by atoms with E-state index in [9.17, 15) is 4.39 Å². The van der Waals surface area contributed by atoms with Gasteiger partial charge in [0, 0.05) is 5.33 Å². The van der Waals surface area contributed by atoms with Crippen LogP contribution in [-0.4, -0.2) is 9.97 Å². The predicted octanol–water partition coefficient (Wildman–Crippen LogP) is 2.27. The lowest BCUT2D eigenvalue weighted by molar-refractivity contribution is 0.591. The second kappa shape index (κ2) is 3.39. The fourth-order valence-corrected chi connectivity index (χ4v) is 1.19. The van der Waals surface area contributed by atoms with Gasteiger partial charge in [0.25, 0.3) is 0 Å². The van der Waals surface area contributed by atoms with Gasteiger partial charge in [0.2, 0.25) is 0 Å². The number of hydrogen-bond acceptors (Lipinski definition) is 2. The van der Waals surface area contributed by atoms with Crippen molar-refractivity contribution in [1.82, 2.24) is 9.97 Å². The third kappa shape index (κ3) is 1.52. The van der Waals surface area contributed by atoms with Crippen molar-refractivity contribution < 1.29 is 4.39 Å². The summed E-state index contributed by atoms with van der Waals surface area (Å²) in [7, 11) is 0. The van der Waals surface area contributed by atoms with Gasteiger partial charge in [0.05, 0.1) is 5.69 Å². The topological polar surface area (TPSA) is 25.8 Å². The number of aromatic nitrogens is 2. The standard InChI is InChI=1S/C5H3Br2FN2/c6-1-3-4(8)5(7)10-2-9-3/h2H,1H2. The molecule has 0 bridgehead atoms. The van der Waals surface area contributed by atoms with E-state index in [4.69, 9.17) is 0 Å². The number of hydrogen-bond donors (Lipinski definition) is 0. The molecule has 0 aliphatic rings. The Balaban J connectivity index is 3.14. The summed E-state index contributed by atoms with van der Waals surface area (Å²) in [6, 6.07) is 0. The molecule has 1 aromatic heterocycles. The Kier molecular flexibility index (Phi) is 2.73. The van der Waals surface area contributed by atoms with Crippen LogP contribution in [0.2, 0.25) is 0 Å². The Morgan fingerprint density at radius 3 is 2.70 bits per heavy atom. The van der Waals surface area contributed by atoms with Crippen LogP contribution < -0.4 is 0 Å². The van der Waals surface area contributed by atoms with Gasteiger partial charge in [0.1, 0.15) is 10.9 Å². The highest BCUT2D eigenvalue weighted by Crippen LogP contribution is 2.14. The number of halogens is 3. The molecule has 0 spiro atoms. The first-order chi connectivity index (χ1) is 4.75. The molecule has 0 N–H and O–H groups in total. The summed E-state index contributed by atoms with van der Waals surface area (Å²) < 4.78 is 13.0. The molecule has 1 aromatic rings. The largest absolute Gasteiger partial charge is 0.237 e. The van der Waals surface area contributed by atoms with E-state index in [0.29, 0.717) is 11.0 Å². The quantitative estimate of drug-likeness (QED) is 0.577. The summed E-state index contributed by atoms with van der Waals surface area (Å²) in [5.41, 5.74) is 0.363. The van der Waals surface area contributed by atoms with Gasteiger partial charge in [-0.1, -0.05) is 15.9 Å². The molecule has 1 rings (SSSR count). The van der Waals surface area contributed by atoms with Crippen molar-refractivity contribution in [1.29, 1.82) is 0 Å². The van der Waals surface area contributed by atoms with E-state index in [1.807, 2.05) is 0 Å². The molecule has 0 unspecified atom stereocenters. The van der Waals surface area contributed by atoms with Crippen LogP contribution in [0.25, 0.3) is 0 Å². The average molecular weight is 270 g/mol. The van der Waals surface area contributed by atoms with Crippen molar-refractivity contribution in [3.8, 4) is 0 Å². The zero-order chi connectivity index (χ0) is 7.56. The van der Waals surface area contributed by atoms with E-state index in [1.165, 1.54) is 6.33 Å². The smallest absolute Gasteiger partial charge is 0.178 e. The summed E-state index contributed by atoms with van der Waals surface area (Å²) in [6.07, 6.45) is 1.31. The van der Waals surface area contributed by atoms with Gasteiger partial charge in [-0.2, -0.15) is 0 Å². The minimum atomic E-state index is -0.403. The zero-order valence-corrected chi connectivity index (χ0v) is 7.98. The lowest BCUT2D eigenvalue weighted by Crippen LogP contribution is -1.93. The first-order valence-electron chi connectivity index (χ1n) is 2.46. The average Bonchev–Trinajstić information content (AvgIpc) is 1.95. The van der Waals surface area contributed by atoms with Crippen molar-refractivity contribution in [2.45, 2.75) is 5.33 Å². The van der Waals surface area contributed by atoms with Crippen molar-refractivity contribution in [3.63, 3.8) is 0 Å². The van der Waals surface area contributed by atoms with E-state index in [1.54, 1.807) is 0 Å². The monoisotopic (exact) mass is 268 g/mol. The van der Waals surface area contributed by atoms with Crippen molar-refractivity contribution in [3.05, 3.63) is 22.4 Å². The molecule has 1 heterocycles. The van der Waals surface area contributed by atoms with Gasteiger partial charge in [-0.15, -0.1) is 0 Å². The minimum Gasteiger partial charge on any atom is -0.237 e. The van der Waals surface area contributed by atoms with Crippen molar-refractivity contribution in [2.75, 3.05) is 0 Å². The van der Waals surface area contributed by atoms with Crippen LogP contribution in [0.3, 0.4) is 0 Å². The lowest BCUT2D eigenvalue weighted by Gasteiger charge is -1.96. The lowest BCUT2D eigenvalue weighted by atomic mass is 10.4. The molecule has 5 heteroatoms.